The number of carbonyl (C=O) groups is 3. The Labute approximate surface area is 496 Å². The van der Waals surface area contributed by atoms with E-state index in [1.165, 1.54) is 186 Å². The molecule has 0 aliphatic carbocycles. The molecule has 0 radical (unpaired) electrons. The molecule has 0 aromatic rings. The van der Waals surface area contributed by atoms with Gasteiger partial charge in [0.25, 0.3) is 0 Å². The molecule has 0 amide bonds. The van der Waals surface area contributed by atoms with Gasteiger partial charge in [-0.3, -0.25) is 14.4 Å². The average molecular weight is 1110 g/mol. The molecule has 1 unspecified atom stereocenters. The highest BCUT2D eigenvalue weighted by molar-refractivity contribution is 5.71. The molecule has 1 atom stereocenters. The summed E-state index contributed by atoms with van der Waals surface area (Å²) in [5.74, 6) is -0.876. The van der Waals surface area contributed by atoms with E-state index in [0.29, 0.717) is 19.3 Å². The molecule has 0 fully saturated rings. The Morgan fingerprint density at radius 1 is 0.263 bits per heavy atom. The fraction of sp³-hybridized carbons (Fsp3) is 0.743. The number of unbranched alkanes of at least 4 members (excludes halogenated alkanes) is 35. The zero-order valence-corrected chi connectivity index (χ0v) is 52.8. The van der Waals surface area contributed by atoms with E-state index < -0.39 is 6.10 Å². The maximum Gasteiger partial charge on any atom is 0.306 e. The zero-order chi connectivity index (χ0) is 57.8. The smallest absolute Gasteiger partial charge is 0.306 e. The van der Waals surface area contributed by atoms with Crippen molar-refractivity contribution < 1.29 is 28.6 Å². The Morgan fingerprint density at radius 3 is 0.762 bits per heavy atom. The van der Waals surface area contributed by atoms with E-state index in [4.69, 9.17) is 14.2 Å². The molecule has 0 N–H and O–H groups in total. The van der Waals surface area contributed by atoms with Gasteiger partial charge in [-0.15, -0.1) is 0 Å². The maximum absolute atomic E-state index is 12.9. The van der Waals surface area contributed by atoms with Gasteiger partial charge in [-0.2, -0.15) is 0 Å². The summed E-state index contributed by atoms with van der Waals surface area (Å²) in [6.45, 7) is 6.51. The normalized spacial score (nSPS) is 12.7. The van der Waals surface area contributed by atoms with Crippen molar-refractivity contribution in [3.05, 3.63) is 97.2 Å². The predicted molar refractivity (Wildman–Crippen MR) is 348 cm³/mol. The third-order valence-electron chi connectivity index (χ3n) is 14.8. The first-order valence-corrected chi connectivity index (χ1v) is 34.2. The summed E-state index contributed by atoms with van der Waals surface area (Å²) in [5.41, 5.74) is 0. The SMILES string of the molecule is CC/C=C\C/C=C\C/C=C\C/C=C\C/C=C\CCCCCCCCCCCCCCCCCC(=O)OCC(COC(=O)CCCCCCCCCC)OC(=O)CCCCCCCCCC/C=C\C/C=C\C/C=C\CCCCCCC. The van der Waals surface area contributed by atoms with E-state index in [0.717, 1.165) is 109 Å². The summed E-state index contributed by atoms with van der Waals surface area (Å²) in [7, 11) is 0. The van der Waals surface area contributed by atoms with Crippen LogP contribution >= 0.6 is 0 Å². The first kappa shape index (κ1) is 76.3. The molecule has 80 heavy (non-hydrogen) atoms. The minimum Gasteiger partial charge on any atom is -0.462 e. The van der Waals surface area contributed by atoms with Crippen LogP contribution in [-0.4, -0.2) is 37.2 Å². The van der Waals surface area contributed by atoms with Crippen LogP contribution in [-0.2, 0) is 28.6 Å². The van der Waals surface area contributed by atoms with Crippen molar-refractivity contribution in [2.75, 3.05) is 13.2 Å². The molecule has 460 valence electrons. The van der Waals surface area contributed by atoms with Gasteiger partial charge < -0.3 is 14.2 Å². The zero-order valence-electron chi connectivity index (χ0n) is 52.8. The van der Waals surface area contributed by atoms with Crippen molar-refractivity contribution in [1.82, 2.24) is 0 Å². The Kier molecular flexibility index (Phi) is 64.7. The standard InChI is InChI=1S/C74H128O6/c1-4-7-10-13-16-19-21-23-25-27-29-31-33-34-35-36-37-38-39-40-42-43-45-47-49-51-53-55-58-61-64-67-73(76)79-70-71(69-78-72(75)66-63-60-57-18-15-12-9-6-3)80-74(77)68-65-62-59-56-54-52-50-48-46-44-41-32-30-28-26-24-22-20-17-14-11-8-5-2/h7,10,16,19,22-25,28-31,34-35,41,44,71H,4-6,8-9,11-15,17-18,20-21,26-27,32-33,36-40,42-43,45-70H2,1-3H3/b10-7-,19-16-,24-22-,25-23-,30-28-,31-29-,35-34-,44-41-. The van der Waals surface area contributed by atoms with Crippen LogP contribution in [0.3, 0.4) is 0 Å². The van der Waals surface area contributed by atoms with E-state index >= 15 is 0 Å². The van der Waals surface area contributed by atoms with Crippen molar-refractivity contribution in [2.45, 2.75) is 341 Å². The number of ether oxygens (including phenoxy) is 3. The summed E-state index contributed by atoms with van der Waals surface area (Å²) in [4.78, 5) is 38.2. The lowest BCUT2D eigenvalue weighted by Gasteiger charge is -2.18. The lowest BCUT2D eigenvalue weighted by atomic mass is 10.0. The number of allylic oxidation sites excluding steroid dienone is 16. The van der Waals surface area contributed by atoms with E-state index in [2.05, 4.69) is 118 Å². The fourth-order valence-electron chi connectivity index (χ4n) is 9.71. The van der Waals surface area contributed by atoms with Crippen LogP contribution in [0, 0.1) is 0 Å². The highest BCUT2D eigenvalue weighted by atomic mass is 16.6. The minimum absolute atomic E-state index is 0.0770. The van der Waals surface area contributed by atoms with Gasteiger partial charge in [-0.25, -0.2) is 0 Å². The highest BCUT2D eigenvalue weighted by Crippen LogP contribution is 2.17. The molecule has 0 aromatic heterocycles. The van der Waals surface area contributed by atoms with Gasteiger partial charge in [0.1, 0.15) is 13.2 Å². The highest BCUT2D eigenvalue weighted by Gasteiger charge is 2.19. The van der Waals surface area contributed by atoms with Gasteiger partial charge in [0.05, 0.1) is 0 Å². The van der Waals surface area contributed by atoms with Crippen LogP contribution in [0.1, 0.15) is 335 Å². The van der Waals surface area contributed by atoms with Crippen molar-refractivity contribution in [2.24, 2.45) is 0 Å². The largest absolute Gasteiger partial charge is 0.462 e. The second kappa shape index (κ2) is 67.8. The van der Waals surface area contributed by atoms with Crippen LogP contribution < -0.4 is 0 Å². The molecule has 6 nitrogen and oxygen atoms in total. The van der Waals surface area contributed by atoms with Gasteiger partial charge >= 0.3 is 17.9 Å². The van der Waals surface area contributed by atoms with Crippen molar-refractivity contribution in [3.63, 3.8) is 0 Å². The molecule has 0 bridgehead atoms. The van der Waals surface area contributed by atoms with Gasteiger partial charge in [0.2, 0.25) is 0 Å². The fourth-order valence-corrected chi connectivity index (χ4v) is 9.71. The first-order valence-electron chi connectivity index (χ1n) is 34.2. The topological polar surface area (TPSA) is 78.9 Å². The summed E-state index contributed by atoms with van der Waals surface area (Å²) < 4.78 is 16.9. The van der Waals surface area contributed by atoms with Gasteiger partial charge in [0, 0.05) is 19.3 Å². The number of rotatable bonds is 62. The molecule has 6 heteroatoms. The first-order chi connectivity index (χ1) is 39.5. The van der Waals surface area contributed by atoms with Crippen molar-refractivity contribution in [1.29, 1.82) is 0 Å². The van der Waals surface area contributed by atoms with Crippen LogP contribution in [0.5, 0.6) is 0 Å². The lowest BCUT2D eigenvalue weighted by Crippen LogP contribution is -2.30. The Hall–Kier alpha value is -3.67. The number of hydrogen-bond acceptors (Lipinski definition) is 6. The number of hydrogen-bond donors (Lipinski definition) is 0. The predicted octanol–water partition coefficient (Wildman–Crippen LogP) is 23.6. The maximum atomic E-state index is 12.9. The van der Waals surface area contributed by atoms with Crippen LogP contribution in [0.15, 0.2) is 97.2 Å². The Morgan fingerprint density at radius 2 is 0.487 bits per heavy atom. The molecule has 0 aliphatic heterocycles. The quantitative estimate of drug-likeness (QED) is 0.0261. The minimum atomic E-state index is -0.779. The van der Waals surface area contributed by atoms with Crippen molar-refractivity contribution in [3.8, 4) is 0 Å². The van der Waals surface area contributed by atoms with E-state index in [-0.39, 0.29) is 31.1 Å². The van der Waals surface area contributed by atoms with Crippen LogP contribution in [0.2, 0.25) is 0 Å². The van der Waals surface area contributed by atoms with E-state index in [9.17, 15) is 14.4 Å². The summed E-state index contributed by atoms with van der Waals surface area (Å²) >= 11 is 0. The second-order valence-electron chi connectivity index (χ2n) is 22.7. The molecule has 0 saturated heterocycles. The second-order valence-corrected chi connectivity index (χ2v) is 22.7. The van der Waals surface area contributed by atoms with E-state index in [1.54, 1.807) is 0 Å². The third-order valence-corrected chi connectivity index (χ3v) is 14.8. The van der Waals surface area contributed by atoms with Gasteiger partial charge in [-0.05, 0) is 103 Å². The van der Waals surface area contributed by atoms with Crippen LogP contribution in [0.25, 0.3) is 0 Å². The molecule has 0 saturated carbocycles. The Balaban J connectivity index is 4.12. The van der Waals surface area contributed by atoms with Crippen LogP contribution in [0.4, 0.5) is 0 Å². The summed E-state index contributed by atoms with van der Waals surface area (Å²) in [6.07, 6.45) is 91.6. The number of esters is 3. The van der Waals surface area contributed by atoms with Crippen molar-refractivity contribution >= 4 is 17.9 Å². The third kappa shape index (κ3) is 65.1. The monoisotopic (exact) mass is 1110 g/mol. The Bertz CT molecular complexity index is 1560. The average Bonchev–Trinajstić information content (AvgIpc) is 3.46. The molecule has 0 aromatic carbocycles. The lowest BCUT2D eigenvalue weighted by molar-refractivity contribution is -0.167. The number of carbonyl (C=O) groups excluding carboxylic acids is 3. The summed E-state index contributed by atoms with van der Waals surface area (Å²) in [6, 6.07) is 0. The molecule has 0 aliphatic rings. The molecular weight excluding hydrogens is 985 g/mol. The summed E-state index contributed by atoms with van der Waals surface area (Å²) in [5, 5.41) is 0. The van der Waals surface area contributed by atoms with Gasteiger partial charge in [0.15, 0.2) is 6.10 Å². The molecule has 0 spiro atoms. The molecule has 0 heterocycles. The molecular formula is C74H128O6. The van der Waals surface area contributed by atoms with E-state index in [1.807, 2.05) is 0 Å². The molecule has 0 rings (SSSR count). The van der Waals surface area contributed by atoms with Gasteiger partial charge in [-0.1, -0.05) is 311 Å².